The number of quaternary nitrogens is 2. The lowest BCUT2D eigenvalue weighted by molar-refractivity contribution is -0.961. The lowest BCUT2D eigenvalue weighted by Gasteiger charge is -2.37. The van der Waals surface area contributed by atoms with Crippen LogP contribution in [0.5, 0.6) is 0 Å². The van der Waals surface area contributed by atoms with Gasteiger partial charge in [-0.05, 0) is 43.9 Å². The molecule has 2 saturated heterocycles. The van der Waals surface area contributed by atoms with Crippen molar-refractivity contribution in [3.05, 3.63) is 12.2 Å². The number of rotatable bonds is 3. The first-order chi connectivity index (χ1) is 9.88. The third kappa shape index (κ3) is 2.69. The van der Waals surface area contributed by atoms with Crippen LogP contribution in [0.25, 0.3) is 0 Å². The van der Waals surface area contributed by atoms with Crippen molar-refractivity contribution in [1.82, 2.24) is 0 Å². The highest BCUT2D eigenvalue weighted by molar-refractivity contribution is 5.09. The van der Waals surface area contributed by atoms with E-state index >= 15 is 0 Å². The summed E-state index contributed by atoms with van der Waals surface area (Å²) < 4.78 is 0. The van der Waals surface area contributed by atoms with E-state index in [0.717, 1.165) is 23.8 Å². The Labute approximate surface area is 124 Å². The van der Waals surface area contributed by atoms with Gasteiger partial charge in [0.15, 0.2) is 0 Å². The molecule has 0 spiro atoms. The molecule has 2 N–H and O–H groups in total. The van der Waals surface area contributed by atoms with Crippen LogP contribution in [0.1, 0.15) is 44.9 Å². The smallest absolute Gasteiger partial charge is 0.0983 e. The average Bonchev–Trinajstić information content (AvgIpc) is 3.12. The monoisotopic (exact) mass is 276 g/mol. The van der Waals surface area contributed by atoms with Crippen LogP contribution in [-0.4, -0.2) is 38.8 Å². The molecule has 0 radical (unpaired) electrons. The molecule has 2 heterocycles. The van der Waals surface area contributed by atoms with Gasteiger partial charge in [0, 0.05) is 18.8 Å². The number of allylic oxidation sites excluding steroid dienone is 2. The summed E-state index contributed by atoms with van der Waals surface area (Å²) >= 11 is 0. The van der Waals surface area contributed by atoms with Crippen molar-refractivity contribution in [3.63, 3.8) is 0 Å². The van der Waals surface area contributed by atoms with Crippen LogP contribution in [-0.2, 0) is 0 Å². The van der Waals surface area contributed by atoms with E-state index in [2.05, 4.69) is 12.2 Å². The molecule has 0 unspecified atom stereocenters. The van der Waals surface area contributed by atoms with Crippen molar-refractivity contribution in [2.45, 2.75) is 51.0 Å². The highest BCUT2D eigenvalue weighted by Crippen LogP contribution is 2.42. The third-order valence-electron chi connectivity index (χ3n) is 6.73. The second kappa shape index (κ2) is 5.81. The first kappa shape index (κ1) is 13.3. The van der Waals surface area contributed by atoms with Crippen LogP contribution in [0.2, 0.25) is 0 Å². The molecule has 0 aromatic rings. The molecular weight excluding hydrogens is 244 g/mol. The third-order valence-corrected chi connectivity index (χ3v) is 6.73. The molecule has 3 atom stereocenters. The number of fused-ring (bicyclic) bond motifs is 2. The number of piperidine rings is 2. The van der Waals surface area contributed by atoms with Crippen LogP contribution in [0.3, 0.4) is 0 Å². The standard InChI is InChI=1S/C18H30N2/c1-2-8-20(9-3-1)18-6-10-19(11-7-18)14-17-13-15-4-5-16(17)12-15/h4-5,15-18H,1-3,6-14H2/p+2/t15-,16+,17+/m0/s1. The highest BCUT2D eigenvalue weighted by Gasteiger charge is 2.39. The normalized spacial score (nSPS) is 45.1. The molecule has 2 aliphatic carbocycles. The zero-order chi connectivity index (χ0) is 13.4. The average molecular weight is 276 g/mol. The van der Waals surface area contributed by atoms with Crippen LogP contribution in [0, 0.1) is 17.8 Å². The summed E-state index contributed by atoms with van der Waals surface area (Å²) in [5, 5.41) is 0. The maximum atomic E-state index is 2.53. The van der Waals surface area contributed by atoms with Gasteiger partial charge in [-0.3, -0.25) is 0 Å². The number of hydrogen-bond donors (Lipinski definition) is 2. The quantitative estimate of drug-likeness (QED) is 0.687. The Morgan fingerprint density at radius 2 is 1.65 bits per heavy atom. The number of likely N-dealkylation sites (tertiary alicyclic amines) is 2. The molecule has 4 rings (SSSR count). The molecule has 2 nitrogen and oxygen atoms in total. The van der Waals surface area contributed by atoms with Gasteiger partial charge in [-0.2, -0.15) is 0 Å². The minimum atomic E-state index is 0.956. The summed E-state index contributed by atoms with van der Waals surface area (Å²) in [7, 11) is 0. The Bertz CT molecular complexity index is 350. The zero-order valence-electron chi connectivity index (χ0n) is 12.9. The van der Waals surface area contributed by atoms with Crippen LogP contribution in [0.4, 0.5) is 0 Å². The molecule has 0 amide bonds. The Hall–Kier alpha value is -0.340. The first-order valence-electron chi connectivity index (χ1n) is 9.25. The predicted octanol–water partition coefficient (Wildman–Crippen LogP) is 0.315. The second-order valence-corrected chi connectivity index (χ2v) is 7.99. The Morgan fingerprint density at radius 3 is 2.30 bits per heavy atom. The van der Waals surface area contributed by atoms with Gasteiger partial charge >= 0.3 is 0 Å². The van der Waals surface area contributed by atoms with Gasteiger partial charge in [-0.1, -0.05) is 12.2 Å². The van der Waals surface area contributed by atoms with Gasteiger partial charge < -0.3 is 9.80 Å². The van der Waals surface area contributed by atoms with Gasteiger partial charge in [0.1, 0.15) is 0 Å². The molecule has 4 aliphatic rings. The fraction of sp³-hybridized carbons (Fsp3) is 0.889. The summed E-state index contributed by atoms with van der Waals surface area (Å²) in [5.74, 6) is 2.94. The van der Waals surface area contributed by atoms with E-state index in [4.69, 9.17) is 0 Å². The summed E-state index contributed by atoms with van der Waals surface area (Å²) in [6, 6.07) is 1.01. The first-order valence-corrected chi connectivity index (χ1v) is 9.25. The van der Waals surface area contributed by atoms with Gasteiger partial charge in [-0.25, -0.2) is 0 Å². The van der Waals surface area contributed by atoms with Crippen molar-refractivity contribution < 1.29 is 9.80 Å². The molecule has 1 saturated carbocycles. The van der Waals surface area contributed by atoms with E-state index in [0.29, 0.717) is 0 Å². The van der Waals surface area contributed by atoms with Gasteiger partial charge in [0.05, 0.1) is 38.8 Å². The SMILES string of the molecule is C1=C[C@@H]2C[C@H]1C[C@@H]2C[NH+]1CCC([NH+]2CCCCC2)CC1. The Morgan fingerprint density at radius 1 is 0.850 bits per heavy atom. The highest BCUT2D eigenvalue weighted by atomic mass is 15.2. The molecule has 0 aromatic heterocycles. The van der Waals surface area contributed by atoms with Crippen molar-refractivity contribution >= 4 is 0 Å². The summed E-state index contributed by atoms with van der Waals surface area (Å²) in [4.78, 5) is 3.89. The van der Waals surface area contributed by atoms with E-state index in [9.17, 15) is 0 Å². The van der Waals surface area contributed by atoms with E-state index in [-0.39, 0.29) is 0 Å². The number of nitrogens with one attached hydrogen (secondary N) is 2. The largest absolute Gasteiger partial charge is 0.334 e. The lowest BCUT2D eigenvalue weighted by atomic mass is 9.92. The van der Waals surface area contributed by atoms with Gasteiger partial charge in [-0.15, -0.1) is 0 Å². The van der Waals surface area contributed by atoms with Crippen LogP contribution >= 0.6 is 0 Å². The van der Waals surface area contributed by atoms with Crippen molar-refractivity contribution in [3.8, 4) is 0 Å². The molecule has 0 aromatic carbocycles. The molecule has 112 valence electrons. The summed E-state index contributed by atoms with van der Waals surface area (Å²) in [5.41, 5.74) is 0. The Balaban J connectivity index is 1.24. The predicted molar refractivity (Wildman–Crippen MR) is 82.0 cm³/mol. The maximum Gasteiger partial charge on any atom is 0.0983 e. The summed E-state index contributed by atoms with van der Waals surface area (Å²) in [6.45, 7) is 7.35. The fourth-order valence-electron chi connectivity index (χ4n) is 5.55. The minimum absolute atomic E-state index is 0.956. The Kier molecular flexibility index (Phi) is 3.87. The van der Waals surface area contributed by atoms with Crippen molar-refractivity contribution in [2.24, 2.45) is 17.8 Å². The van der Waals surface area contributed by atoms with E-state index in [1.54, 1.807) is 0 Å². The fourth-order valence-corrected chi connectivity index (χ4v) is 5.55. The van der Waals surface area contributed by atoms with Gasteiger partial charge in [0.2, 0.25) is 0 Å². The molecule has 2 bridgehead atoms. The van der Waals surface area contributed by atoms with Gasteiger partial charge in [0.25, 0.3) is 0 Å². The summed E-state index contributed by atoms with van der Waals surface area (Å²) in [6.07, 6.45) is 15.5. The van der Waals surface area contributed by atoms with Crippen LogP contribution < -0.4 is 9.80 Å². The van der Waals surface area contributed by atoms with E-state index in [1.807, 2.05) is 9.80 Å². The maximum absolute atomic E-state index is 2.53. The number of hydrogen-bond acceptors (Lipinski definition) is 0. The molecule has 20 heavy (non-hydrogen) atoms. The molecular formula is C18H32N2+2. The lowest BCUT2D eigenvalue weighted by Crippen LogP contribution is -3.21. The van der Waals surface area contributed by atoms with Crippen molar-refractivity contribution in [2.75, 3.05) is 32.7 Å². The zero-order valence-corrected chi connectivity index (χ0v) is 12.9. The second-order valence-electron chi connectivity index (χ2n) is 7.99. The molecule has 2 heteroatoms. The van der Waals surface area contributed by atoms with Crippen LogP contribution in [0.15, 0.2) is 12.2 Å². The van der Waals surface area contributed by atoms with Crippen molar-refractivity contribution in [1.29, 1.82) is 0 Å². The topological polar surface area (TPSA) is 8.88 Å². The minimum Gasteiger partial charge on any atom is -0.334 e. The van der Waals surface area contributed by atoms with E-state index < -0.39 is 0 Å². The molecule has 2 aliphatic heterocycles. The van der Waals surface area contributed by atoms with E-state index in [1.165, 1.54) is 77.7 Å². The molecule has 3 fully saturated rings.